The molecule has 12 atom stereocenters. The Morgan fingerprint density at radius 3 is 1.53 bits per heavy atom. The van der Waals surface area contributed by atoms with E-state index in [1.807, 2.05) is 41.5 Å². The van der Waals surface area contributed by atoms with Gasteiger partial charge in [-0.1, -0.05) is 125 Å². The number of unbranched alkanes of at least 4 members (excludes halogenated alkanes) is 1. The van der Waals surface area contributed by atoms with Crippen LogP contribution < -0.4 is 53.2 Å². The molecule has 22 heteroatoms. The molecule has 1 aromatic heterocycles. The first kappa shape index (κ1) is 66.0. The molecule has 0 bridgehead atoms. The third-order valence-electron chi connectivity index (χ3n) is 15.5. The fourth-order valence-electron chi connectivity index (χ4n) is 9.47. The first-order valence-electron chi connectivity index (χ1n) is 28.6. The summed E-state index contributed by atoms with van der Waals surface area (Å²) in [5, 5.41) is 28.0. The molecule has 0 spiro atoms. The first-order chi connectivity index (χ1) is 38.4. The number of pyridine rings is 1. The molecule has 2 aromatic rings. The van der Waals surface area contributed by atoms with Gasteiger partial charge in [0.25, 0.3) is 5.91 Å². The maximum absolute atomic E-state index is 14.8. The van der Waals surface area contributed by atoms with E-state index in [1.165, 1.54) is 26.4 Å². The van der Waals surface area contributed by atoms with Gasteiger partial charge in [0.05, 0.1) is 16.8 Å². The molecular formula is C59H87N11O11. The highest BCUT2D eigenvalue weighted by Crippen LogP contribution is 2.23. The minimum Gasteiger partial charge on any atom is -0.385 e. The van der Waals surface area contributed by atoms with Gasteiger partial charge in [-0.2, -0.15) is 0 Å². The molecule has 81 heavy (non-hydrogen) atoms. The van der Waals surface area contributed by atoms with Crippen molar-refractivity contribution in [3.05, 3.63) is 76.8 Å². The van der Waals surface area contributed by atoms with E-state index >= 15 is 0 Å². The molecule has 1 fully saturated rings. The molecule has 2 aliphatic rings. The van der Waals surface area contributed by atoms with E-state index in [2.05, 4.69) is 58.2 Å². The van der Waals surface area contributed by atoms with Crippen LogP contribution in [0.5, 0.6) is 0 Å². The van der Waals surface area contributed by atoms with Crippen LogP contribution in [0.4, 0.5) is 0 Å². The van der Waals surface area contributed by atoms with Crippen LogP contribution in [-0.4, -0.2) is 132 Å². The Bertz CT molecular complexity index is 2630. The van der Waals surface area contributed by atoms with Gasteiger partial charge in [0.1, 0.15) is 48.3 Å². The molecule has 1 aliphatic carbocycles. The van der Waals surface area contributed by atoms with Gasteiger partial charge in [-0.05, 0) is 67.8 Å². The van der Waals surface area contributed by atoms with Crippen molar-refractivity contribution in [2.45, 2.75) is 182 Å². The van der Waals surface area contributed by atoms with Crippen LogP contribution in [0.1, 0.15) is 164 Å². The average molecular weight is 1130 g/mol. The lowest BCUT2D eigenvalue weighted by molar-refractivity contribution is -0.138. The molecule has 22 nitrogen and oxygen atoms in total. The number of rotatable bonds is 19. The second-order valence-corrected chi connectivity index (χ2v) is 22.1. The normalized spacial score (nSPS) is 24.6. The lowest BCUT2D eigenvalue weighted by Crippen LogP contribution is -2.63. The highest BCUT2D eigenvalue weighted by atomic mass is 16.2. The van der Waals surface area contributed by atoms with Crippen LogP contribution in [-0.2, 0) is 44.8 Å². The number of fused-ring (bicyclic) bond motifs is 1. The van der Waals surface area contributed by atoms with E-state index in [0.717, 1.165) is 6.08 Å². The summed E-state index contributed by atoms with van der Waals surface area (Å²) in [6.07, 6.45) is 5.72. The van der Waals surface area contributed by atoms with Gasteiger partial charge in [-0.3, -0.25) is 57.7 Å². The number of carbonyl (C=O) groups excluding carboxylic acids is 11. The summed E-state index contributed by atoms with van der Waals surface area (Å²) < 4.78 is 0. The summed E-state index contributed by atoms with van der Waals surface area (Å²) in [6.45, 7) is 19.5. The number of ketones is 2. The van der Waals surface area contributed by atoms with Gasteiger partial charge >= 0.3 is 0 Å². The Labute approximate surface area is 476 Å². The molecule has 4 unspecified atom stereocenters. The third kappa shape index (κ3) is 18.2. The van der Waals surface area contributed by atoms with Gasteiger partial charge in [-0.15, -0.1) is 0 Å². The Morgan fingerprint density at radius 2 is 1.01 bits per heavy atom. The van der Waals surface area contributed by atoms with Crippen LogP contribution in [0.3, 0.4) is 0 Å². The van der Waals surface area contributed by atoms with Gasteiger partial charge in [0.2, 0.25) is 53.0 Å². The van der Waals surface area contributed by atoms with Gasteiger partial charge in [-0.25, -0.2) is 0 Å². The number of Topliss-reactive ketones (excluding diaryl/α,β-unsaturated/α-hetero) is 1. The number of likely N-dealkylation sites (N-methyl/N-ethyl adjacent to an activating group) is 1. The predicted molar refractivity (Wildman–Crippen MR) is 305 cm³/mol. The number of amides is 9. The minimum absolute atomic E-state index is 0.0186. The maximum atomic E-state index is 14.8. The van der Waals surface area contributed by atoms with Crippen molar-refractivity contribution >= 4 is 64.7 Å². The van der Waals surface area contributed by atoms with Crippen LogP contribution in [0.25, 0.3) is 0 Å². The topological polar surface area (TPSA) is 321 Å². The molecule has 1 aromatic carbocycles. The zero-order valence-corrected chi connectivity index (χ0v) is 49.1. The highest BCUT2D eigenvalue weighted by Gasteiger charge is 2.39. The van der Waals surface area contributed by atoms with E-state index in [4.69, 9.17) is 0 Å². The summed E-state index contributed by atoms with van der Waals surface area (Å²) in [4.78, 5) is 159. The van der Waals surface area contributed by atoms with Crippen molar-refractivity contribution < 1.29 is 52.7 Å². The fourth-order valence-corrected chi connectivity index (χ4v) is 9.47. The van der Waals surface area contributed by atoms with Crippen LogP contribution >= 0.6 is 0 Å². The minimum atomic E-state index is -1.34. The molecule has 0 saturated carbocycles. The van der Waals surface area contributed by atoms with Crippen molar-refractivity contribution in [1.82, 2.24) is 58.2 Å². The summed E-state index contributed by atoms with van der Waals surface area (Å²) in [6, 6.07) is -0.974. The van der Waals surface area contributed by atoms with E-state index in [9.17, 15) is 52.7 Å². The van der Waals surface area contributed by atoms with Crippen LogP contribution in [0.2, 0.25) is 0 Å². The Morgan fingerprint density at radius 1 is 0.556 bits per heavy atom. The standard InChI is InChI=1S/C59H87N11O11/c1-13-32(7)46-56(78)63-36(11)51(73)67-49(35(10)16-4)59(81)70-48(34(9)15-3)57(79)64-40(24-20-21-25-62-52(74)39-30-61-29-38-45(39)44(71)28-41(60-12)50(38)72)53(75)68-47(33(8)14-2)58(80)66-43(27-37-22-18-17-19-23-37)54(76)65-42(26-31(5)6)55(77)69-46/h17-19,22-23,28-36,40,42-43,46-49,60H,13-16,20-21,24-27H2,1-12H3,(H,62,74)(H,63,78)(H,64,79)(H,65,76)(H,66,80)(H,67,73)(H,68,75)(H,69,77)(H,70,81)/t32-,33-,34?,35?,36+,40-,42+,43+,46-,47-,48?,49?/m0/s1. The highest BCUT2D eigenvalue weighted by molar-refractivity contribution is 6.27. The van der Waals surface area contributed by atoms with E-state index in [-0.39, 0.29) is 67.0 Å². The number of benzene rings is 1. The van der Waals surface area contributed by atoms with Crippen LogP contribution in [0, 0.1) is 29.6 Å². The van der Waals surface area contributed by atoms with Gasteiger partial charge in [0.15, 0.2) is 5.78 Å². The van der Waals surface area contributed by atoms with Crippen molar-refractivity contribution in [3.8, 4) is 0 Å². The summed E-state index contributed by atoms with van der Waals surface area (Å²) in [5.74, 6) is -9.46. The summed E-state index contributed by atoms with van der Waals surface area (Å²) >= 11 is 0. The third-order valence-corrected chi connectivity index (χ3v) is 15.5. The lowest BCUT2D eigenvalue weighted by atomic mass is 9.90. The van der Waals surface area contributed by atoms with Crippen molar-refractivity contribution in [3.63, 3.8) is 0 Å². The Balaban J connectivity index is 1.77. The Hall–Kier alpha value is -7.52. The molecule has 0 radical (unpaired) electrons. The van der Waals surface area contributed by atoms with Crippen molar-refractivity contribution in [1.29, 1.82) is 0 Å². The fraction of sp³-hybridized carbons (Fsp3) is 0.593. The number of allylic oxidation sites excluding steroid dienone is 2. The second-order valence-electron chi connectivity index (χ2n) is 22.1. The largest absolute Gasteiger partial charge is 0.385 e. The monoisotopic (exact) mass is 1130 g/mol. The van der Waals surface area contributed by atoms with Crippen molar-refractivity contribution in [2.75, 3.05) is 13.6 Å². The zero-order valence-electron chi connectivity index (χ0n) is 49.1. The SMILES string of the molecule is CCC(C)C1NC(=O)C(C(C)CC)NC(=O)[C@@H](C)NC(=O)[C@H]([C@@H](C)CC)NC(=O)[C@@H](CC(C)C)NC(=O)[C@@H](Cc2ccccc2)NC(=O)[C@H]([C@@H](C)CC)NC(=O)[C@H](CCCCNC(=O)c2cncc3c2C(=O)C=C(NC)C3=O)NC1=O. The van der Waals surface area contributed by atoms with Crippen LogP contribution in [0.15, 0.2) is 54.5 Å². The quantitative estimate of drug-likeness (QED) is 0.0907. The summed E-state index contributed by atoms with van der Waals surface area (Å²) in [5.41, 5.74) is 0.531. The summed E-state index contributed by atoms with van der Waals surface area (Å²) in [7, 11) is 1.50. The lowest BCUT2D eigenvalue weighted by Gasteiger charge is -2.32. The van der Waals surface area contributed by atoms with E-state index in [1.54, 1.807) is 58.0 Å². The van der Waals surface area contributed by atoms with Crippen molar-refractivity contribution in [2.24, 2.45) is 29.6 Å². The number of nitrogens with zero attached hydrogens (tertiary/aromatic N) is 1. The van der Waals surface area contributed by atoms with Gasteiger partial charge in [0, 0.05) is 44.0 Å². The number of hydrogen-bond donors (Lipinski definition) is 10. The molecular weight excluding hydrogens is 1040 g/mol. The molecule has 1 aliphatic heterocycles. The molecule has 2 heterocycles. The Kier molecular flexibility index (Phi) is 25.6. The zero-order chi connectivity index (χ0) is 60.2. The second kappa shape index (κ2) is 31.5. The predicted octanol–water partition coefficient (Wildman–Crippen LogP) is 2.85. The van der Waals surface area contributed by atoms with E-state index < -0.39 is 137 Å². The smallest absolute Gasteiger partial charge is 0.253 e. The molecule has 444 valence electrons. The molecule has 1 saturated heterocycles. The molecule has 9 amide bonds. The number of carbonyl (C=O) groups is 11. The first-order valence-corrected chi connectivity index (χ1v) is 28.6. The van der Waals surface area contributed by atoms with E-state index in [0.29, 0.717) is 31.2 Å². The van der Waals surface area contributed by atoms with Gasteiger partial charge < -0.3 is 53.2 Å². The average Bonchev–Trinajstić information content (AvgIpc) is 3.45. The maximum Gasteiger partial charge on any atom is 0.253 e. The molecule has 4 rings (SSSR count). The number of aromatic nitrogens is 1. The molecule has 10 N–H and O–H groups in total. The number of nitrogens with one attached hydrogen (secondary N) is 10. The number of hydrogen-bond acceptors (Lipinski definition) is 13.